The predicted molar refractivity (Wildman–Crippen MR) is 80.2 cm³/mol. The van der Waals surface area contributed by atoms with Gasteiger partial charge >= 0.3 is 0 Å². The van der Waals surface area contributed by atoms with Crippen molar-refractivity contribution in [3.8, 4) is 21.6 Å². The molecule has 0 bridgehead atoms. The maximum atomic E-state index is 6.26. The number of nitrogen functional groups attached to an aromatic ring is 1. The van der Waals surface area contributed by atoms with Gasteiger partial charge in [0.1, 0.15) is 0 Å². The van der Waals surface area contributed by atoms with E-state index >= 15 is 0 Å². The lowest BCUT2D eigenvalue weighted by molar-refractivity contribution is 1.33. The van der Waals surface area contributed by atoms with Crippen molar-refractivity contribution in [2.24, 2.45) is 0 Å². The molecule has 1 aromatic carbocycles. The number of hydrogen-bond donors (Lipinski definition) is 1. The van der Waals surface area contributed by atoms with Crippen LogP contribution in [-0.2, 0) is 0 Å². The molecule has 94 valence electrons. The predicted octanol–water partition coefficient (Wildman–Crippen LogP) is 4.11. The second-order valence-electron chi connectivity index (χ2n) is 3.96. The van der Waals surface area contributed by atoms with Crippen LogP contribution in [-0.4, -0.2) is 9.97 Å². The highest BCUT2D eigenvalue weighted by Crippen LogP contribution is 2.37. The third-order valence-electron chi connectivity index (χ3n) is 2.77. The summed E-state index contributed by atoms with van der Waals surface area (Å²) in [6.07, 6.45) is 5.34. The van der Waals surface area contributed by atoms with E-state index in [2.05, 4.69) is 9.97 Å². The minimum Gasteiger partial charge on any atom is -0.375 e. The van der Waals surface area contributed by atoms with E-state index in [0.29, 0.717) is 10.2 Å². The van der Waals surface area contributed by atoms with Gasteiger partial charge in [-0.25, -0.2) is 4.98 Å². The van der Waals surface area contributed by atoms with Crippen LogP contribution in [0.15, 0.2) is 48.9 Å². The summed E-state index contributed by atoms with van der Waals surface area (Å²) in [6.45, 7) is 0. The number of hydrogen-bond acceptors (Lipinski definition) is 4. The quantitative estimate of drug-likeness (QED) is 0.772. The van der Waals surface area contributed by atoms with Gasteiger partial charge in [-0.3, -0.25) is 4.98 Å². The molecule has 3 nitrogen and oxygen atoms in total. The summed E-state index contributed by atoms with van der Waals surface area (Å²) >= 11 is 7.71. The van der Waals surface area contributed by atoms with Crippen molar-refractivity contribution in [3.63, 3.8) is 0 Å². The lowest BCUT2D eigenvalue weighted by atomic mass is 10.0. The summed E-state index contributed by atoms with van der Waals surface area (Å²) in [4.78, 5) is 9.29. The average molecular weight is 288 g/mol. The van der Waals surface area contributed by atoms with Crippen LogP contribution in [0.1, 0.15) is 0 Å². The van der Waals surface area contributed by atoms with Crippen LogP contribution in [0.25, 0.3) is 21.6 Å². The fourth-order valence-electron chi connectivity index (χ4n) is 1.92. The number of benzene rings is 1. The van der Waals surface area contributed by atoms with E-state index in [1.807, 2.05) is 36.5 Å². The standard InChI is InChI=1S/C14H10ClN3S/c15-12-4-2-1-3-9(12)11-7-17-6-5-10(11)13-8-18-14(16)19-13/h1-8H,(H2,16,18). The van der Waals surface area contributed by atoms with Crippen molar-refractivity contribution in [2.45, 2.75) is 0 Å². The molecule has 0 unspecified atom stereocenters. The van der Waals surface area contributed by atoms with Crippen molar-refractivity contribution >= 4 is 28.1 Å². The molecule has 19 heavy (non-hydrogen) atoms. The van der Waals surface area contributed by atoms with Crippen LogP contribution in [0, 0.1) is 0 Å². The van der Waals surface area contributed by atoms with Crippen LogP contribution in [0.2, 0.25) is 5.02 Å². The lowest BCUT2D eigenvalue weighted by Crippen LogP contribution is -1.85. The molecule has 0 saturated heterocycles. The third kappa shape index (κ3) is 2.32. The largest absolute Gasteiger partial charge is 0.375 e. The van der Waals surface area contributed by atoms with Crippen LogP contribution >= 0.6 is 22.9 Å². The lowest BCUT2D eigenvalue weighted by Gasteiger charge is -2.08. The highest BCUT2D eigenvalue weighted by atomic mass is 35.5. The Balaban J connectivity index is 2.21. The van der Waals surface area contributed by atoms with Crippen molar-refractivity contribution in [1.29, 1.82) is 0 Å². The Kier molecular flexibility index (Phi) is 3.19. The Hall–Kier alpha value is -1.91. The Morgan fingerprint density at radius 2 is 1.84 bits per heavy atom. The van der Waals surface area contributed by atoms with Gasteiger partial charge in [-0.1, -0.05) is 41.1 Å². The first-order valence-electron chi connectivity index (χ1n) is 5.66. The van der Waals surface area contributed by atoms with Gasteiger partial charge in [-0.2, -0.15) is 0 Å². The number of rotatable bonds is 2. The summed E-state index contributed by atoms with van der Waals surface area (Å²) in [5.41, 5.74) is 8.68. The number of thiazole rings is 1. The van der Waals surface area contributed by atoms with E-state index in [4.69, 9.17) is 17.3 Å². The smallest absolute Gasteiger partial charge is 0.180 e. The molecule has 0 atom stereocenters. The third-order valence-corrected chi connectivity index (χ3v) is 3.96. The molecular formula is C14H10ClN3S. The van der Waals surface area contributed by atoms with Gasteiger partial charge in [0.2, 0.25) is 0 Å². The molecule has 2 N–H and O–H groups in total. The average Bonchev–Trinajstić information content (AvgIpc) is 2.86. The van der Waals surface area contributed by atoms with Crippen molar-refractivity contribution in [1.82, 2.24) is 9.97 Å². The number of aromatic nitrogens is 2. The molecule has 3 rings (SSSR count). The van der Waals surface area contributed by atoms with Gasteiger partial charge in [0, 0.05) is 40.3 Å². The summed E-state index contributed by atoms with van der Waals surface area (Å²) < 4.78 is 0. The first-order chi connectivity index (χ1) is 9.25. The van der Waals surface area contributed by atoms with Crippen molar-refractivity contribution in [2.75, 3.05) is 5.73 Å². The highest BCUT2D eigenvalue weighted by molar-refractivity contribution is 7.18. The van der Waals surface area contributed by atoms with E-state index in [1.165, 1.54) is 11.3 Å². The fraction of sp³-hybridized carbons (Fsp3) is 0. The monoisotopic (exact) mass is 287 g/mol. The topological polar surface area (TPSA) is 51.8 Å². The van der Waals surface area contributed by atoms with Gasteiger partial charge in [-0.05, 0) is 12.1 Å². The van der Waals surface area contributed by atoms with Crippen LogP contribution in [0.4, 0.5) is 5.13 Å². The second-order valence-corrected chi connectivity index (χ2v) is 5.43. The van der Waals surface area contributed by atoms with Crippen molar-refractivity contribution in [3.05, 3.63) is 53.9 Å². The molecule has 0 saturated carbocycles. The summed E-state index contributed by atoms with van der Waals surface area (Å²) in [5, 5.41) is 1.26. The molecule has 0 spiro atoms. The molecule has 2 aromatic heterocycles. The molecule has 0 amide bonds. The van der Waals surface area contributed by atoms with E-state index in [0.717, 1.165) is 21.6 Å². The Morgan fingerprint density at radius 3 is 2.58 bits per heavy atom. The van der Waals surface area contributed by atoms with E-state index < -0.39 is 0 Å². The molecule has 0 radical (unpaired) electrons. The van der Waals surface area contributed by atoms with Gasteiger partial charge in [-0.15, -0.1) is 0 Å². The molecule has 5 heteroatoms. The SMILES string of the molecule is Nc1ncc(-c2ccncc2-c2ccccc2Cl)s1. The summed E-state index contributed by atoms with van der Waals surface area (Å²) in [5.74, 6) is 0. The first-order valence-corrected chi connectivity index (χ1v) is 6.86. The second kappa shape index (κ2) is 4.99. The van der Waals surface area contributed by atoms with Gasteiger partial charge in [0.05, 0.1) is 4.88 Å². The van der Waals surface area contributed by atoms with Gasteiger partial charge in [0.25, 0.3) is 0 Å². The zero-order valence-corrected chi connectivity index (χ0v) is 11.4. The molecule has 3 aromatic rings. The Morgan fingerprint density at radius 1 is 1.00 bits per heavy atom. The van der Waals surface area contributed by atoms with E-state index in [-0.39, 0.29) is 0 Å². The highest BCUT2D eigenvalue weighted by Gasteiger charge is 2.12. The minimum atomic E-state index is 0.553. The zero-order valence-electron chi connectivity index (χ0n) is 9.88. The summed E-state index contributed by atoms with van der Waals surface area (Å²) in [6, 6.07) is 9.67. The Bertz CT molecular complexity index is 724. The van der Waals surface area contributed by atoms with Crippen LogP contribution in [0.5, 0.6) is 0 Å². The van der Waals surface area contributed by atoms with E-state index in [9.17, 15) is 0 Å². The van der Waals surface area contributed by atoms with E-state index in [1.54, 1.807) is 12.4 Å². The van der Waals surface area contributed by atoms with Crippen molar-refractivity contribution < 1.29 is 0 Å². The zero-order chi connectivity index (χ0) is 13.2. The molecular weight excluding hydrogens is 278 g/mol. The number of nitrogens with zero attached hydrogens (tertiary/aromatic N) is 2. The fourth-order valence-corrected chi connectivity index (χ4v) is 2.88. The number of pyridine rings is 1. The first kappa shape index (κ1) is 12.1. The molecule has 0 aliphatic carbocycles. The number of anilines is 1. The van der Waals surface area contributed by atoms with Crippen LogP contribution < -0.4 is 5.73 Å². The maximum Gasteiger partial charge on any atom is 0.180 e. The molecule has 2 heterocycles. The number of nitrogens with two attached hydrogens (primary N) is 1. The molecule has 0 aliphatic rings. The summed E-state index contributed by atoms with van der Waals surface area (Å²) in [7, 11) is 0. The van der Waals surface area contributed by atoms with Crippen LogP contribution in [0.3, 0.4) is 0 Å². The normalized spacial score (nSPS) is 10.6. The van der Waals surface area contributed by atoms with Gasteiger partial charge < -0.3 is 5.73 Å². The minimum absolute atomic E-state index is 0.553. The Labute approximate surface area is 119 Å². The molecule has 0 aliphatic heterocycles. The van der Waals surface area contributed by atoms with Gasteiger partial charge in [0.15, 0.2) is 5.13 Å². The number of halogens is 1. The maximum absolute atomic E-state index is 6.26. The molecule has 0 fully saturated rings.